The number of carbonyl (C=O) groups is 1. The zero-order chi connectivity index (χ0) is 21.6. The molecule has 2 aromatic heterocycles. The fraction of sp³-hybridized carbons (Fsp3) is 0.600. The number of fused-ring (bicyclic) bond motifs is 1. The lowest BCUT2D eigenvalue weighted by Crippen LogP contribution is -2.58. The van der Waals surface area contributed by atoms with Crippen LogP contribution in [0.5, 0.6) is 0 Å². The molecule has 0 bridgehead atoms. The van der Waals surface area contributed by atoms with Crippen molar-refractivity contribution in [2.24, 2.45) is 0 Å². The normalized spacial score (nSPS) is 21.1. The molecule has 0 spiro atoms. The Morgan fingerprint density at radius 2 is 2.13 bits per heavy atom. The number of H-pyrrole nitrogens is 1. The second kappa shape index (κ2) is 7.50. The standard InChI is InChI=1S/C20H29FN8O/c1-6-27-7-8-28(12(2)10-27)19(30)29-11-14-16(20(29,4)5)25-26-17(14)24-18-15(21)9-22-13(3)23-18/h9,12H,6-8,10-11H2,1-5H3,(H2,22,23,24,25,26)/t12-/m0/s1. The number of aromatic nitrogens is 4. The molecule has 2 N–H and O–H groups in total. The minimum Gasteiger partial charge on any atom is -0.321 e. The summed E-state index contributed by atoms with van der Waals surface area (Å²) in [4.78, 5) is 27.6. The molecule has 4 heterocycles. The molecule has 0 aliphatic carbocycles. The molecule has 4 rings (SSSR count). The molecule has 0 radical (unpaired) electrons. The third-order valence-electron chi connectivity index (χ3n) is 6.21. The number of piperazine rings is 1. The average Bonchev–Trinajstić information content (AvgIpc) is 3.22. The van der Waals surface area contributed by atoms with Crippen LogP contribution in [0.1, 0.15) is 44.8 Å². The second-order valence-corrected chi connectivity index (χ2v) is 8.53. The van der Waals surface area contributed by atoms with Crippen LogP contribution in [0.4, 0.5) is 20.8 Å². The Bertz CT molecular complexity index is 958. The minimum absolute atomic E-state index is 0.0165. The van der Waals surface area contributed by atoms with E-state index in [2.05, 4.69) is 44.2 Å². The van der Waals surface area contributed by atoms with E-state index in [0.717, 1.165) is 37.1 Å². The predicted octanol–water partition coefficient (Wildman–Crippen LogP) is 2.59. The van der Waals surface area contributed by atoms with Crippen LogP contribution in [0.25, 0.3) is 0 Å². The maximum atomic E-state index is 14.1. The van der Waals surface area contributed by atoms with E-state index in [9.17, 15) is 9.18 Å². The topological polar surface area (TPSA) is 93.3 Å². The predicted molar refractivity (Wildman–Crippen MR) is 111 cm³/mol. The van der Waals surface area contributed by atoms with Crippen molar-refractivity contribution in [3.8, 4) is 0 Å². The number of nitrogens with zero attached hydrogens (tertiary/aromatic N) is 6. The van der Waals surface area contributed by atoms with Crippen molar-refractivity contribution in [3.05, 3.63) is 29.1 Å². The first-order valence-electron chi connectivity index (χ1n) is 10.4. The van der Waals surface area contributed by atoms with Gasteiger partial charge in [-0.1, -0.05) is 6.92 Å². The smallest absolute Gasteiger partial charge is 0.321 e. The number of halogens is 1. The monoisotopic (exact) mass is 416 g/mol. The van der Waals surface area contributed by atoms with Gasteiger partial charge in [0.25, 0.3) is 0 Å². The van der Waals surface area contributed by atoms with Gasteiger partial charge in [0.15, 0.2) is 17.5 Å². The Morgan fingerprint density at radius 3 is 2.83 bits per heavy atom. The fourth-order valence-corrected chi connectivity index (χ4v) is 4.34. The molecule has 0 unspecified atom stereocenters. The Balaban J connectivity index is 1.56. The molecule has 2 aliphatic rings. The van der Waals surface area contributed by atoms with Crippen LogP contribution in [0.15, 0.2) is 6.20 Å². The first kappa shape index (κ1) is 20.5. The Hall–Kier alpha value is -2.75. The van der Waals surface area contributed by atoms with Gasteiger partial charge in [-0.25, -0.2) is 19.2 Å². The van der Waals surface area contributed by atoms with Gasteiger partial charge in [-0.05, 0) is 34.2 Å². The van der Waals surface area contributed by atoms with Gasteiger partial charge in [0, 0.05) is 31.2 Å². The van der Waals surface area contributed by atoms with Crippen molar-refractivity contribution >= 4 is 17.7 Å². The Labute approximate surface area is 175 Å². The van der Waals surface area contributed by atoms with E-state index >= 15 is 0 Å². The fourth-order valence-electron chi connectivity index (χ4n) is 4.34. The number of aryl methyl sites for hydroxylation is 1. The summed E-state index contributed by atoms with van der Waals surface area (Å²) in [5, 5.41) is 10.3. The van der Waals surface area contributed by atoms with E-state index in [-0.39, 0.29) is 17.9 Å². The van der Waals surface area contributed by atoms with Crippen molar-refractivity contribution in [3.63, 3.8) is 0 Å². The van der Waals surface area contributed by atoms with Crippen LogP contribution in [0.2, 0.25) is 0 Å². The van der Waals surface area contributed by atoms with Gasteiger partial charge in [-0.3, -0.25) is 10.00 Å². The van der Waals surface area contributed by atoms with E-state index in [4.69, 9.17) is 0 Å². The number of anilines is 2. The number of rotatable bonds is 3. The molecular weight excluding hydrogens is 387 g/mol. The van der Waals surface area contributed by atoms with Crippen molar-refractivity contribution in [2.75, 3.05) is 31.5 Å². The molecule has 30 heavy (non-hydrogen) atoms. The van der Waals surface area contributed by atoms with Gasteiger partial charge >= 0.3 is 6.03 Å². The number of hydrogen-bond donors (Lipinski definition) is 2. The highest BCUT2D eigenvalue weighted by molar-refractivity contribution is 5.78. The van der Waals surface area contributed by atoms with Gasteiger partial charge in [0.05, 0.1) is 24.0 Å². The van der Waals surface area contributed by atoms with Crippen molar-refractivity contribution < 1.29 is 9.18 Å². The highest BCUT2D eigenvalue weighted by Gasteiger charge is 2.46. The molecule has 0 aromatic carbocycles. The van der Waals surface area contributed by atoms with Crippen molar-refractivity contribution in [1.29, 1.82) is 0 Å². The first-order valence-corrected chi connectivity index (χ1v) is 10.4. The molecule has 0 saturated carbocycles. The highest BCUT2D eigenvalue weighted by atomic mass is 19.1. The van der Waals surface area contributed by atoms with Crippen LogP contribution in [0, 0.1) is 12.7 Å². The van der Waals surface area contributed by atoms with Gasteiger partial charge in [0.1, 0.15) is 5.82 Å². The van der Waals surface area contributed by atoms with Crippen LogP contribution in [-0.2, 0) is 12.1 Å². The average molecular weight is 417 g/mol. The summed E-state index contributed by atoms with van der Waals surface area (Å²) in [6.45, 7) is 13.8. The van der Waals surface area contributed by atoms with E-state index in [0.29, 0.717) is 24.7 Å². The number of amides is 2. The van der Waals surface area contributed by atoms with E-state index in [1.165, 1.54) is 0 Å². The summed E-state index contributed by atoms with van der Waals surface area (Å²) >= 11 is 0. The lowest BCUT2D eigenvalue weighted by Gasteiger charge is -2.43. The van der Waals surface area contributed by atoms with E-state index < -0.39 is 11.4 Å². The number of carbonyl (C=O) groups excluding carboxylic acids is 1. The summed E-state index contributed by atoms with van der Waals surface area (Å²) in [5.74, 6) is 0.464. The minimum atomic E-state index is -0.554. The largest absolute Gasteiger partial charge is 0.321 e. The summed E-state index contributed by atoms with van der Waals surface area (Å²) in [7, 11) is 0. The molecule has 1 atom stereocenters. The number of urea groups is 1. The van der Waals surface area contributed by atoms with Crippen LogP contribution < -0.4 is 5.32 Å². The van der Waals surface area contributed by atoms with Gasteiger partial charge < -0.3 is 15.1 Å². The first-order chi connectivity index (χ1) is 14.2. The van der Waals surface area contributed by atoms with Crippen LogP contribution in [-0.4, -0.2) is 73.1 Å². The Morgan fingerprint density at radius 1 is 1.37 bits per heavy atom. The third kappa shape index (κ3) is 3.38. The summed E-state index contributed by atoms with van der Waals surface area (Å²) in [5.41, 5.74) is 1.15. The molecule has 9 nitrogen and oxygen atoms in total. The molecule has 1 saturated heterocycles. The molecule has 2 aliphatic heterocycles. The lowest BCUT2D eigenvalue weighted by atomic mass is 10.0. The van der Waals surface area contributed by atoms with Crippen LogP contribution in [0.3, 0.4) is 0 Å². The lowest BCUT2D eigenvalue weighted by molar-refractivity contribution is 0.0606. The summed E-state index contributed by atoms with van der Waals surface area (Å²) in [6.07, 6.45) is 1.13. The van der Waals surface area contributed by atoms with Gasteiger partial charge in [-0.2, -0.15) is 5.10 Å². The van der Waals surface area contributed by atoms with Crippen molar-refractivity contribution in [1.82, 2.24) is 34.9 Å². The van der Waals surface area contributed by atoms with Gasteiger partial charge in [0.2, 0.25) is 0 Å². The van der Waals surface area contributed by atoms with Crippen LogP contribution >= 0.6 is 0 Å². The number of likely N-dealkylation sites (N-methyl/N-ethyl adjacent to an activating group) is 1. The summed E-state index contributed by atoms with van der Waals surface area (Å²) in [6, 6.07) is 0.164. The zero-order valence-electron chi connectivity index (χ0n) is 18.2. The van der Waals surface area contributed by atoms with Crippen molar-refractivity contribution in [2.45, 2.75) is 52.7 Å². The Kier molecular flexibility index (Phi) is 5.13. The quantitative estimate of drug-likeness (QED) is 0.799. The molecule has 2 amide bonds. The molecule has 162 valence electrons. The number of nitrogens with one attached hydrogen (secondary N) is 2. The zero-order valence-corrected chi connectivity index (χ0v) is 18.2. The molecule has 1 fully saturated rings. The molecule has 10 heteroatoms. The highest BCUT2D eigenvalue weighted by Crippen LogP contribution is 2.42. The number of hydrogen-bond acceptors (Lipinski definition) is 6. The number of aromatic amines is 1. The third-order valence-corrected chi connectivity index (χ3v) is 6.21. The maximum Gasteiger partial charge on any atom is 0.321 e. The van der Waals surface area contributed by atoms with E-state index in [1.54, 1.807) is 6.92 Å². The molecular formula is C20H29FN8O. The second-order valence-electron chi connectivity index (χ2n) is 8.53. The SMILES string of the molecule is CCN1CCN(C(=O)N2Cc3c(Nc4nc(C)ncc4F)n[nH]c3C2(C)C)[C@@H](C)C1. The molecule has 2 aromatic rings. The van der Waals surface area contributed by atoms with Gasteiger partial charge in [-0.15, -0.1) is 0 Å². The van der Waals surface area contributed by atoms with E-state index in [1.807, 2.05) is 23.6 Å². The maximum absolute atomic E-state index is 14.1. The summed E-state index contributed by atoms with van der Waals surface area (Å²) < 4.78 is 14.1.